The molecular weight excluding hydrogens is 466 g/mol. The van der Waals surface area contributed by atoms with Gasteiger partial charge in [-0.25, -0.2) is 9.78 Å². The number of amides is 2. The SMILES string of the molecule is O=C(NCc1ncc(C(=O)N2CC3CC2C3C(=O)O)s1)OCC1c2ccccc2-c2ccccc21. The molecule has 2 N–H and O–H groups in total. The van der Waals surface area contributed by atoms with E-state index in [1.807, 2.05) is 24.3 Å². The van der Waals surface area contributed by atoms with E-state index in [9.17, 15) is 19.5 Å². The molecule has 7 rings (SSSR count). The minimum Gasteiger partial charge on any atom is -0.481 e. The van der Waals surface area contributed by atoms with Gasteiger partial charge in [-0.15, -0.1) is 11.3 Å². The molecule has 3 heterocycles. The van der Waals surface area contributed by atoms with Gasteiger partial charge in [-0.1, -0.05) is 48.5 Å². The summed E-state index contributed by atoms with van der Waals surface area (Å²) in [6.07, 6.45) is 1.70. The van der Waals surface area contributed by atoms with Crippen molar-refractivity contribution in [2.75, 3.05) is 13.2 Å². The Morgan fingerprint density at radius 3 is 2.43 bits per heavy atom. The molecular formula is C26H23N3O5S. The number of fused-ring (bicyclic) bond motifs is 4. The molecule has 3 fully saturated rings. The summed E-state index contributed by atoms with van der Waals surface area (Å²) >= 11 is 1.20. The van der Waals surface area contributed by atoms with Crippen molar-refractivity contribution in [3.63, 3.8) is 0 Å². The van der Waals surface area contributed by atoms with Crippen LogP contribution in [0.2, 0.25) is 0 Å². The molecule has 1 saturated carbocycles. The maximum absolute atomic E-state index is 12.8. The number of benzene rings is 2. The Morgan fingerprint density at radius 2 is 1.77 bits per heavy atom. The van der Waals surface area contributed by atoms with E-state index in [4.69, 9.17) is 4.74 Å². The number of alkyl carbamates (subject to hydrolysis) is 1. The molecule has 3 unspecified atom stereocenters. The largest absolute Gasteiger partial charge is 0.481 e. The molecule has 9 heteroatoms. The van der Waals surface area contributed by atoms with E-state index in [1.54, 1.807) is 4.90 Å². The topological polar surface area (TPSA) is 109 Å². The standard InChI is InChI=1S/C26H23N3O5S/c30-24(29-12-14-9-20(29)23(14)25(31)32)21-10-27-22(35-21)11-28-26(33)34-13-19-17-7-3-1-5-15(17)16-6-2-4-8-18(16)19/h1-8,10,14,19-20,23H,9,11-13H2,(H,28,33)(H,31,32). The van der Waals surface area contributed by atoms with Gasteiger partial charge in [-0.2, -0.15) is 0 Å². The van der Waals surface area contributed by atoms with Crippen LogP contribution in [0.15, 0.2) is 54.7 Å². The van der Waals surface area contributed by atoms with E-state index in [0.717, 1.165) is 17.5 Å². The van der Waals surface area contributed by atoms with Crippen molar-refractivity contribution in [2.24, 2.45) is 11.8 Å². The Hall–Kier alpha value is -3.72. The molecule has 3 atom stereocenters. The van der Waals surface area contributed by atoms with E-state index < -0.39 is 18.0 Å². The lowest BCUT2D eigenvalue weighted by Crippen LogP contribution is -2.45. The number of nitrogens with zero attached hydrogens (tertiary/aromatic N) is 2. The Morgan fingerprint density at radius 1 is 1.09 bits per heavy atom. The van der Waals surface area contributed by atoms with E-state index in [-0.39, 0.29) is 36.9 Å². The first kappa shape index (κ1) is 21.8. The first-order valence-electron chi connectivity index (χ1n) is 11.6. The maximum atomic E-state index is 12.8. The number of aromatic nitrogens is 1. The van der Waals surface area contributed by atoms with Gasteiger partial charge in [0.2, 0.25) is 0 Å². The van der Waals surface area contributed by atoms with Gasteiger partial charge in [0, 0.05) is 18.5 Å². The first-order chi connectivity index (χ1) is 17.0. The van der Waals surface area contributed by atoms with Crippen LogP contribution in [-0.4, -0.2) is 52.2 Å². The van der Waals surface area contributed by atoms with Crippen molar-refractivity contribution in [3.05, 3.63) is 75.7 Å². The first-order valence-corrected chi connectivity index (χ1v) is 12.4. The third-order valence-corrected chi connectivity index (χ3v) is 8.32. The molecule has 4 aliphatic rings. The number of hydrogen-bond donors (Lipinski definition) is 2. The summed E-state index contributed by atoms with van der Waals surface area (Å²) < 4.78 is 5.55. The van der Waals surface area contributed by atoms with E-state index in [1.165, 1.54) is 28.7 Å². The highest BCUT2D eigenvalue weighted by Crippen LogP contribution is 2.47. The zero-order valence-electron chi connectivity index (χ0n) is 18.7. The minimum absolute atomic E-state index is 0.0152. The number of carbonyl (C=O) groups is 3. The maximum Gasteiger partial charge on any atom is 0.407 e. The highest BCUT2D eigenvalue weighted by molar-refractivity contribution is 7.13. The van der Waals surface area contributed by atoms with Crippen molar-refractivity contribution in [1.29, 1.82) is 0 Å². The van der Waals surface area contributed by atoms with Crippen molar-refractivity contribution in [3.8, 4) is 11.1 Å². The quantitative estimate of drug-likeness (QED) is 0.546. The molecule has 2 aliphatic carbocycles. The average Bonchev–Trinajstić information content (AvgIpc) is 3.62. The Bertz CT molecular complexity index is 1290. The molecule has 35 heavy (non-hydrogen) atoms. The molecule has 178 valence electrons. The third-order valence-electron chi connectivity index (χ3n) is 7.34. The number of thiazole rings is 1. The van der Waals surface area contributed by atoms with Crippen LogP contribution in [0.1, 0.15) is 38.1 Å². The predicted molar refractivity (Wildman–Crippen MR) is 128 cm³/mol. The third kappa shape index (κ3) is 3.67. The van der Waals surface area contributed by atoms with Crippen LogP contribution in [-0.2, 0) is 16.1 Å². The molecule has 2 bridgehead atoms. The second-order valence-corrected chi connectivity index (χ2v) is 10.3. The molecule has 2 saturated heterocycles. The van der Waals surface area contributed by atoms with E-state index in [0.29, 0.717) is 16.4 Å². The lowest BCUT2D eigenvalue weighted by Gasteiger charge is -2.32. The van der Waals surface area contributed by atoms with Crippen LogP contribution in [0.3, 0.4) is 0 Å². The fraction of sp³-hybridized carbons (Fsp3) is 0.308. The summed E-state index contributed by atoms with van der Waals surface area (Å²) in [5.41, 5.74) is 4.63. The van der Waals surface area contributed by atoms with Crippen molar-refractivity contribution in [2.45, 2.75) is 24.9 Å². The zero-order chi connectivity index (χ0) is 24.1. The second-order valence-electron chi connectivity index (χ2n) is 9.18. The number of ether oxygens (including phenoxy) is 1. The monoisotopic (exact) mass is 489 g/mol. The Balaban J connectivity index is 1.04. The summed E-state index contributed by atoms with van der Waals surface area (Å²) in [7, 11) is 0. The van der Waals surface area contributed by atoms with Gasteiger partial charge in [-0.05, 0) is 34.6 Å². The number of aliphatic carboxylic acids is 1. The van der Waals surface area contributed by atoms with Gasteiger partial charge >= 0.3 is 12.1 Å². The number of carbonyl (C=O) groups excluding carboxylic acids is 2. The predicted octanol–water partition coefficient (Wildman–Crippen LogP) is 3.73. The fourth-order valence-corrected chi connectivity index (χ4v) is 6.46. The van der Waals surface area contributed by atoms with Crippen LogP contribution in [0.5, 0.6) is 0 Å². The molecule has 2 amide bonds. The van der Waals surface area contributed by atoms with Crippen LogP contribution in [0, 0.1) is 11.8 Å². The molecule has 0 radical (unpaired) electrons. The molecule has 0 spiro atoms. The molecule has 8 nitrogen and oxygen atoms in total. The Labute approximate surface area is 205 Å². The number of carboxylic acids is 1. The molecule has 1 aromatic heterocycles. The summed E-state index contributed by atoms with van der Waals surface area (Å²) in [6.45, 7) is 0.855. The van der Waals surface area contributed by atoms with Gasteiger partial charge in [0.15, 0.2) is 0 Å². The summed E-state index contributed by atoms with van der Waals surface area (Å²) in [5.74, 6) is -1.45. The number of carboxylic acid groups (broad SMARTS) is 1. The van der Waals surface area contributed by atoms with Crippen LogP contribution >= 0.6 is 11.3 Å². The zero-order valence-corrected chi connectivity index (χ0v) is 19.5. The molecule has 2 aliphatic heterocycles. The van der Waals surface area contributed by atoms with Gasteiger partial charge in [0.1, 0.15) is 16.5 Å². The van der Waals surface area contributed by atoms with Crippen molar-refractivity contribution < 1.29 is 24.2 Å². The van der Waals surface area contributed by atoms with E-state index >= 15 is 0 Å². The summed E-state index contributed by atoms with van der Waals surface area (Å²) in [4.78, 5) is 43.0. The summed E-state index contributed by atoms with van der Waals surface area (Å²) in [5, 5.41) is 12.6. The smallest absolute Gasteiger partial charge is 0.407 e. The van der Waals surface area contributed by atoms with Gasteiger partial charge in [0.25, 0.3) is 5.91 Å². The van der Waals surface area contributed by atoms with Crippen LogP contribution < -0.4 is 5.32 Å². The van der Waals surface area contributed by atoms with Crippen LogP contribution in [0.4, 0.5) is 4.79 Å². The fourth-order valence-electron chi connectivity index (χ4n) is 5.65. The lowest BCUT2D eigenvalue weighted by molar-refractivity contribution is -0.147. The number of rotatable bonds is 6. The highest BCUT2D eigenvalue weighted by atomic mass is 32.1. The number of hydrogen-bond acceptors (Lipinski definition) is 6. The second kappa shape index (κ2) is 8.49. The van der Waals surface area contributed by atoms with Gasteiger partial charge in [0.05, 0.1) is 18.7 Å². The van der Waals surface area contributed by atoms with Crippen molar-refractivity contribution in [1.82, 2.24) is 15.2 Å². The van der Waals surface area contributed by atoms with Gasteiger partial charge < -0.3 is 20.1 Å². The highest BCUT2D eigenvalue weighted by Gasteiger charge is 2.57. The normalized spacial score (nSPS) is 21.7. The van der Waals surface area contributed by atoms with Crippen molar-refractivity contribution >= 4 is 29.3 Å². The molecule has 3 aromatic rings. The number of nitrogens with one attached hydrogen (secondary N) is 1. The van der Waals surface area contributed by atoms with E-state index in [2.05, 4.69) is 34.6 Å². The summed E-state index contributed by atoms with van der Waals surface area (Å²) in [6, 6.07) is 16.1. The molecule has 2 aromatic carbocycles. The average molecular weight is 490 g/mol. The minimum atomic E-state index is -0.834. The van der Waals surface area contributed by atoms with Gasteiger partial charge in [-0.3, -0.25) is 9.59 Å². The lowest BCUT2D eigenvalue weighted by atomic mass is 9.74. The Kier molecular flexibility index (Phi) is 5.29. The van der Waals surface area contributed by atoms with Crippen LogP contribution in [0.25, 0.3) is 11.1 Å².